The molecule has 3 nitrogen and oxygen atoms in total. The fraction of sp³-hybridized carbons (Fsp3) is 0.538. The Hall–Kier alpha value is -0.770. The van der Waals surface area contributed by atoms with E-state index in [0.29, 0.717) is 5.02 Å². The predicted octanol–water partition coefficient (Wildman–Crippen LogP) is 2.42. The summed E-state index contributed by atoms with van der Waals surface area (Å²) in [6.45, 7) is 3.87. The zero-order valence-electron chi connectivity index (χ0n) is 10.8. The second kappa shape index (κ2) is 5.71. The van der Waals surface area contributed by atoms with Crippen molar-refractivity contribution in [2.75, 3.05) is 19.0 Å². The molecule has 0 radical (unpaired) electrons. The maximum atomic E-state index is 9.96. The molecule has 3 N–H and O–H groups in total. The van der Waals surface area contributed by atoms with Crippen LogP contribution < -0.4 is 10.6 Å². The van der Waals surface area contributed by atoms with Gasteiger partial charge in [0.2, 0.25) is 0 Å². The van der Waals surface area contributed by atoms with Gasteiger partial charge < -0.3 is 15.7 Å². The maximum Gasteiger partial charge on any atom is 0.0756 e. The first-order valence-electron chi connectivity index (χ1n) is 5.75. The minimum absolute atomic E-state index is 0.106. The van der Waals surface area contributed by atoms with Crippen molar-refractivity contribution in [3.05, 3.63) is 28.8 Å². The zero-order valence-corrected chi connectivity index (χ0v) is 11.6. The molecule has 2 atom stereocenters. The van der Waals surface area contributed by atoms with E-state index in [1.807, 2.05) is 51.0 Å². The summed E-state index contributed by atoms with van der Waals surface area (Å²) < 4.78 is 0. The SMILES string of the molecule is CC(C)[C@@H](O)[C@@H](N)c1ccc(N(C)C)cc1Cl. The molecule has 0 bridgehead atoms. The van der Waals surface area contributed by atoms with E-state index >= 15 is 0 Å². The molecule has 0 aromatic heterocycles. The first-order chi connectivity index (χ1) is 7.84. The van der Waals surface area contributed by atoms with Crippen molar-refractivity contribution in [1.29, 1.82) is 0 Å². The van der Waals surface area contributed by atoms with Gasteiger partial charge in [-0.2, -0.15) is 0 Å². The summed E-state index contributed by atoms with van der Waals surface area (Å²) in [5, 5.41) is 10.6. The number of aliphatic hydroxyl groups is 1. The molecule has 0 amide bonds. The highest BCUT2D eigenvalue weighted by Crippen LogP contribution is 2.29. The van der Waals surface area contributed by atoms with Crippen LogP contribution in [0.25, 0.3) is 0 Å². The highest BCUT2D eigenvalue weighted by molar-refractivity contribution is 6.31. The van der Waals surface area contributed by atoms with Crippen molar-refractivity contribution in [1.82, 2.24) is 0 Å². The molecule has 0 aliphatic rings. The zero-order chi connectivity index (χ0) is 13.2. The molecule has 0 aliphatic heterocycles. The Kier molecular flexibility index (Phi) is 4.80. The van der Waals surface area contributed by atoms with Gasteiger partial charge in [-0.15, -0.1) is 0 Å². The summed E-state index contributed by atoms with van der Waals surface area (Å²) in [4.78, 5) is 1.97. The monoisotopic (exact) mass is 256 g/mol. The van der Waals surface area contributed by atoms with Crippen molar-refractivity contribution < 1.29 is 5.11 Å². The molecule has 4 heteroatoms. The van der Waals surface area contributed by atoms with Gasteiger partial charge in [0.05, 0.1) is 12.1 Å². The number of hydrogen-bond acceptors (Lipinski definition) is 3. The molecule has 0 unspecified atom stereocenters. The largest absolute Gasteiger partial charge is 0.391 e. The van der Waals surface area contributed by atoms with Crippen LogP contribution >= 0.6 is 11.6 Å². The van der Waals surface area contributed by atoms with E-state index in [0.717, 1.165) is 11.3 Å². The average Bonchev–Trinajstić information content (AvgIpc) is 2.26. The molecule has 0 aliphatic carbocycles. The quantitative estimate of drug-likeness (QED) is 0.870. The second-order valence-corrected chi connectivity index (χ2v) is 5.27. The summed E-state index contributed by atoms with van der Waals surface area (Å²) in [5.74, 6) is 0.106. The summed E-state index contributed by atoms with van der Waals surface area (Å²) in [6.07, 6.45) is -0.585. The van der Waals surface area contributed by atoms with E-state index in [1.54, 1.807) is 0 Å². The standard InChI is InChI=1S/C13H21ClN2O/c1-8(2)13(17)12(15)10-6-5-9(16(3)4)7-11(10)14/h5-8,12-13,17H,15H2,1-4H3/t12-,13+/m0/s1. The topological polar surface area (TPSA) is 49.5 Å². The van der Waals surface area contributed by atoms with E-state index in [1.165, 1.54) is 0 Å². The summed E-state index contributed by atoms with van der Waals surface area (Å²) in [5.41, 5.74) is 7.83. The Morgan fingerprint density at radius 1 is 1.29 bits per heavy atom. The molecule has 1 aromatic rings. The van der Waals surface area contributed by atoms with Gasteiger partial charge in [0.1, 0.15) is 0 Å². The minimum atomic E-state index is -0.585. The van der Waals surface area contributed by atoms with Crippen LogP contribution in [0.15, 0.2) is 18.2 Å². The van der Waals surface area contributed by atoms with E-state index in [4.69, 9.17) is 17.3 Å². The van der Waals surface area contributed by atoms with Crippen LogP contribution in [0, 0.1) is 5.92 Å². The lowest BCUT2D eigenvalue weighted by molar-refractivity contribution is 0.0980. The van der Waals surface area contributed by atoms with E-state index in [9.17, 15) is 5.11 Å². The van der Waals surface area contributed by atoms with Crippen molar-refractivity contribution in [2.45, 2.75) is 26.0 Å². The smallest absolute Gasteiger partial charge is 0.0756 e. The van der Waals surface area contributed by atoms with E-state index < -0.39 is 12.1 Å². The molecule has 0 heterocycles. The normalized spacial score (nSPS) is 14.8. The van der Waals surface area contributed by atoms with Crippen molar-refractivity contribution in [3.8, 4) is 0 Å². The fourth-order valence-electron chi connectivity index (χ4n) is 1.66. The van der Waals surface area contributed by atoms with Gasteiger partial charge in [0.25, 0.3) is 0 Å². The Labute approximate surface area is 108 Å². The third-order valence-corrected chi connectivity index (χ3v) is 3.24. The van der Waals surface area contributed by atoms with Gasteiger partial charge >= 0.3 is 0 Å². The first-order valence-corrected chi connectivity index (χ1v) is 6.12. The van der Waals surface area contributed by atoms with Crippen molar-refractivity contribution >= 4 is 17.3 Å². The summed E-state index contributed by atoms with van der Waals surface area (Å²) in [7, 11) is 3.91. The molecule has 0 saturated heterocycles. The van der Waals surface area contributed by atoms with Crippen LogP contribution in [0.5, 0.6) is 0 Å². The molecule has 0 spiro atoms. The lowest BCUT2D eigenvalue weighted by Gasteiger charge is -2.24. The molecule has 1 aromatic carbocycles. The lowest BCUT2D eigenvalue weighted by atomic mass is 9.94. The highest BCUT2D eigenvalue weighted by Gasteiger charge is 2.22. The highest BCUT2D eigenvalue weighted by atomic mass is 35.5. The molecular formula is C13H21ClN2O. The Morgan fingerprint density at radius 3 is 2.29 bits per heavy atom. The third-order valence-electron chi connectivity index (χ3n) is 2.91. The number of anilines is 1. The molecule has 1 rings (SSSR count). The fourth-order valence-corrected chi connectivity index (χ4v) is 1.96. The predicted molar refractivity (Wildman–Crippen MR) is 73.6 cm³/mol. The minimum Gasteiger partial charge on any atom is -0.391 e. The number of benzene rings is 1. The molecule has 0 fully saturated rings. The van der Waals surface area contributed by atoms with Gasteiger partial charge in [-0.05, 0) is 23.6 Å². The van der Waals surface area contributed by atoms with Crippen LogP contribution in [0.4, 0.5) is 5.69 Å². The van der Waals surface area contributed by atoms with E-state index in [2.05, 4.69) is 0 Å². The van der Waals surface area contributed by atoms with E-state index in [-0.39, 0.29) is 5.92 Å². The van der Waals surface area contributed by atoms with Gasteiger partial charge in [-0.1, -0.05) is 31.5 Å². The van der Waals surface area contributed by atoms with Gasteiger partial charge in [-0.25, -0.2) is 0 Å². The van der Waals surface area contributed by atoms with Crippen LogP contribution in [-0.4, -0.2) is 25.3 Å². The Balaban J connectivity index is 2.99. The van der Waals surface area contributed by atoms with Gasteiger partial charge in [0.15, 0.2) is 0 Å². The number of nitrogens with two attached hydrogens (primary N) is 1. The number of aliphatic hydroxyl groups excluding tert-OH is 1. The van der Waals surface area contributed by atoms with Gasteiger partial charge in [-0.3, -0.25) is 0 Å². The maximum absolute atomic E-state index is 9.96. The molecule has 96 valence electrons. The Bertz CT molecular complexity index is 380. The van der Waals surface area contributed by atoms with Gasteiger partial charge in [0, 0.05) is 24.8 Å². The summed E-state index contributed by atoms with van der Waals surface area (Å²) in [6, 6.07) is 5.25. The average molecular weight is 257 g/mol. The van der Waals surface area contributed by atoms with Crippen molar-refractivity contribution in [3.63, 3.8) is 0 Å². The van der Waals surface area contributed by atoms with Crippen LogP contribution in [0.1, 0.15) is 25.5 Å². The molecular weight excluding hydrogens is 236 g/mol. The second-order valence-electron chi connectivity index (χ2n) is 4.86. The van der Waals surface area contributed by atoms with Crippen LogP contribution in [-0.2, 0) is 0 Å². The molecule has 17 heavy (non-hydrogen) atoms. The number of rotatable bonds is 4. The third kappa shape index (κ3) is 3.35. The first kappa shape index (κ1) is 14.3. The Morgan fingerprint density at radius 2 is 1.88 bits per heavy atom. The summed E-state index contributed by atoms with van der Waals surface area (Å²) >= 11 is 6.20. The number of nitrogens with zero attached hydrogens (tertiary/aromatic N) is 1. The molecule has 0 saturated carbocycles. The lowest BCUT2D eigenvalue weighted by Crippen LogP contribution is -2.30. The number of hydrogen-bond donors (Lipinski definition) is 2. The van der Waals surface area contributed by atoms with Crippen LogP contribution in [0.3, 0.4) is 0 Å². The van der Waals surface area contributed by atoms with Crippen molar-refractivity contribution in [2.24, 2.45) is 11.7 Å². The number of halogens is 1. The van der Waals surface area contributed by atoms with Crippen LogP contribution in [0.2, 0.25) is 5.02 Å².